The van der Waals surface area contributed by atoms with Gasteiger partial charge in [-0.2, -0.15) is 0 Å². The lowest BCUT2D eigenvalue weighted by molar-refractivity contribution is 0.242. The molecule has 1 aromatic carbocycles. The van der Waals surface area contributed by atoms with Gasteiger partial charge >= 0.3 is 6.03 Å². The molecule has 2 heterocycles. The number of amides is 2. The van der Waals surface area contributed by atoms with Gasteiger partial charge in [-0.25, -0.2) is 9.79 Å². The SMILES string of the molecule is CCN(CC)c1ccc(-c2cs/c(=N\c3cccc(C)c3)n2CCNC(=O)NC)nn1. The number of rotatable bonds is 8. The van der Waals surface area contributed by atoms with Crippen LogP contribution in [0.1, 0.15) is 19.4 Å². The lowest BCUT2D eigenvalue weighted by atomic mass is 10.2. The Bertz CT molecular complexity index is 1070. The third kappa shape index (κ3) is 5.69. The monoisotopic (exact) mass is 439 g/mol. The zero-order valence-corrected chi connectivity index (χ0v) is 19.2. The molecule has 0 saturated carbocycles. The molecule has 0 fully saturated rings. The minimum atomic E-state index is -0.210. The molecule has 0 aliphatic heterocycles. The standard InChI is InChI=1S/C22H29N7OS/c1-5-28(6-2)20-11-10-18(26-27-20)19-15-31-22(25-17-9-7-8-16(3)14-17)29(19)13-12-24-21(30)23-4/h7-11,14-15H,5-6,12-13H2,1-4H3,(H2,23,24,30)/b25-22-. The Morgan fingerprint density at radius 3 is 2.65 bits per heavy atom. The molecule has 31 heavy (non-hydrogen) atoms. The molecule has 0 aliphatic rings. The second kappa shape index (κ2) is 10.7. The van der Waals surface area contributed by atoms with Crippen LogP contribution in [0.5, 0.6) is 0 Å². The van der Waals surface area contributed by atoms with Gasteiger partial charge in [-0.05, 0) is 50.6 Å². The number of benzene rings is 1. The Hall–Kier alpha value is -3.20. The molecular formula is C22H29N7OS. The molecule has 164 valence electrons. The highest BCUT2D eigenvalue weighted by atomic mass is 32.1. The zero-order chi connectivity index (χ0) is 22.2. The van der Waals surface area contributed by atoms with Crippen molar-refractivity contribution in [2.75, 3.05) is 31.6 Å². The van der Waals surface area contributed by atoms with Crippen molar-refractivity contribution in [2.45, 2.75) is 27.3 Å². The molecule has 0 saturated heterocycles. The third-order valence-electron chi connectivity index (χ3n) is 4.87. The average molecular weight is 440 g/mol. The number of hydrogen-bond donors (Lipinski definition) is 2. The van der Waals surface area contributed by atoms with E-state index in [0.717, 1.165) is 46.3 Å². The van der Waals surface area contributed by atoms with Gasteiger partial charge in [0.25, 0.3) is 0 Å². The molecule has 3 rings (SSSR count). The average Bonchev–Trinajstić information content (AvgIpc) is 3.17. The molecule has 9 heteroatoms. The molecule has 2 N–H and O–H groups in total. The number of nitrogens with zero attached hydrogens (tertiary/aromatic N) is 5. The number of hydrogen-bond acceptors (Lipinski definition) is 6. The highest BCUT2D eigenvalue weighted by molar-refractivity contribution is 7.07. The van der Waals surface area contributed by atoms with Gasteiger partial charge in [0.05, 0.1) is 11.4 Å². The van der Waals surface area contributed by atoms with Crippen molar-refractivity contribution in [2.24, 2.45) is 4.99 Å². The molecule has 0 bridgehead atoms. The van der Waals surface area contributed by atoms with Crippen LogP contribution in [-0.4, -0.2) is 47.5 Å². The van der Waals surface area contributed by atoms with E-state index >= 15 is 0 Å². The van der Waals surface area contributed by atoms with Gasteiger partial charge in [-0.1, -0.05) is 12.1 Å². The minimum absolute atomic E-state index is 0.210. The van der Waals surface area contributed by atoms with Crippen LogP contribution in [0.25, 0.3) is 11.4 Å². The Balaban J connectivity index is 1.97. The zero-order valence-electron chi connectivity index (χ0n) is 18.4. The van der Waals surface area contributed by atoms with E-state index in [-0.39, 0.29) is 6.03 Å². The number of carbonyl (C=O) groups excluding carboxylic acids is 1. The summed E-state index contributed by atoms with van der Waals surface area (Å²) in [7, 11) is 1.60. The molecule has 8 nitrogen and oxygen atoms in total. The van der Waals surface area contributed by atoms with Crippen LogP contribution < -0.4 is 20.3 Å². The molecule has 3 aromatic rings. The quantitative estimate of drug-likeness (QED) is 0.564. The fourth-order valence-electron chi connectivity index (χ4n) is 3.20. The first-order chi connectivity index (χ1) is 15.0. The normalized spacial score (nSPS) is 11.4. The predicted octanol–water partition coefficient (Wildman–Crippen LogP) is 3.32. The van der Waals surface area contributed by atoms with Crippen LogP contribution in [0.3, 0.4) is 0 Å². The molecule has 2 aromatic heterocycles. The van der Waals surface area contributed by atoms with Gasteiger partial charge in [-0.15, -0.1) is 21.5 Å². The van der Waals surface area contributed by atoms with Crippen LogP contribution >= 0.6 is 11.3 Å². The Labute approximate surface area is 186 Å². The first-order valence-electron chi connectivity index (χ1n) is 10.4. The van der Waals surface area contributed by atoms with E-state index in [4.69, 9.17) is 4.99 Å². The van der Waals surface area contributed by atoms with Gasteiger partial charge in [-0.3, -0.25) is 0 Å². The predicted molar refractivity (Wildman–Crippen MR) is 126 cm³/mol. The van der Waals surface area contributed by atoms with Crippen molar-refractivity contribution < 1.29 is 4.79 Å². The van der Waals surface area contributed by atoms with E-state index in [1.807, 2.05) is 48.7 Å². The molecule has 2 amide bonds. The van der Waals surface area contributed by atoms with E-state index < -0.39 is 0 Å². The van der Waals surface area contributed by atoms with E-state index in [9.17, 15) is 4.79 Å². The van der Waals surface area contributed by atoms with E-state index in [1.54, 1.807) is 18.4 Å². The summed E-state index contributed by atoms with van der Waals surface area (Å²) in [4.78, 5) is 19.4. The summed E-state index contributed by atoms with van der Waals surface area (Å²) in [5, 5.41) is 16.3. The first kappa shape index (κ1) is 22.5. The molecule has 0 unspecified atom stereocenters. The number of nitrogens with one attached hydrogen (secondary N) is 2. The molecule has 0 aliphatic carbocycles. The van der Waals surface area contributed by atoms with Gasteiger partial charge in [0.1, 0.15) is 5.69 Å². The van der Waals surface area contributed by atoms with Crippen molar-refractivity contribution in [1.29, 1.82) is 0 Å². The summed E-state index contributed by atoms with van der Waals surface area (Å²) in [5.74, 6) is 0.862. The van der Waals surface area contributed by atoms with Crippen molar-refractivity contribution in [3.63, 3.8) is 0 Å². The van der Waals surface area contributed by atoms with Gasteiger partial charge in [0.2, 0.25) is 0 Å². The van der Waals surface area contributed by atoms with E-state index in [1.165, 1.54) is 0 Å². The number of aryl methyl sites for hydroxylation is 1. The van der Waals surface area contributed by atoms with Gasteiger partial charge in [0.15, 0.2) is 10.6 Å². The Morgan fingerprint density at radius 1 is 1.19 bits per heavy atom. The largest absolute Gasteiger partial charge is 0.356 e. The van der Waals surface area contributed by atoms with Crippen LogP contribution in [-0.2, 0) is 6.54 Å². The number of anilines is 1. The summed E-state index contributed by atoms with van der Waals surface area (Å²) >= 11 is 1.55. The van der Waals surface area contributed by atoms with Crippen LogP contribution in [0.2, 0.25) is 0 Å². The minimum Gasteiger partial charge on any atom is -0.356 e. The van der Waals surface area contributed by atoms with E-state index in [2.05, 4.69) is 44.1 Å². The second-order valence-corrected chi connectivity index (χ2v) is 7.80. The Morgan fingerprint density at radius 2 is 2.00 bits per heavy atom. The van der Waals surface area contributed by atoms with Crippen LogP contribution in [0, 0.1) is 6.92 Å². The third-order valence-corrected chi connectivity index (χ3v) is 5.74. The maximum Gasteiger partial charge on any atom is 0.314 e. The molecular weight excluding hydrogens is 410 g/mol. The summed E-state index contributed by atoms with van der Waals surface area (Å²) in [5.41, 5.74) is 3.75. The molecule has 0 spiro atoms. The second-order valence-electron chi connectivity index (χ2n) is 6.96. The number of carbonyl (C=O) groups is 1. The van der Waals surface area contributed by atoms with Gasteiger partial charge < -0.3 is 20.1 Å². The summed E-state index contributed by atoms with van der Waals surface area (Å²) in [6.45, 7) is 9.05. The van der Waals surface area contributed by atoms with Crippen molar-refractivity contribution >= 4 is 28.9 Å². The van der Waals surface area contributed by atoms with Crippen LogP contribution in [0.15, 0.2) is 46.8 Å². The summed E-state index contributed by atoms with van der Waals surface area (Å²) in [6.07, 6.45) is 0. The van der Waals surface area contributed by atoms with Gasteiger partial charge in [0, 0.05) is 38.6 Å². The Kier molecular flexibility index (Phi) is 7.77. The van der Waals surface area contributed by atoms with Crippen molar-refractivity contribution in [1.82, 2.24) is 25.4 Å². The highest BCUT2D eigenvalue weighted by Crippen LogP contribution is 2.20. The van der Waals surface area contributed by atoms with E-state index in [0.29, 0.717) is 13.1 Å². The smallest absolute Gasteiger partial charge is 0.314 e. The lowest BCUT2D eigenvalue weighted by Crippen LogP contribution is -2.36. The highest BCUT2D eigenvalue weighted by Gasteiger charge is 2.12. The maximum absolute atomic E-state index is 11.6. The maximum atomic E-state index is 11.6. The molecule has 0 radical (unpaired) electrons. The topological polar surface area (TPSA) is 87.4 Å². The van der Waals surface area contributed by atoms with Crippen LogP contribution in [0.4, 0.5) is 16.3 Å². The fraction of sp³-hybridized carbons (Fsp3) is 0.364. The lowest BCUT2D eigenvalue weighted by Gasteiger charge is -2.19. The summed E-state index contributed by atoms with van der Waals surface area (Å²) < 4.78 is 2.07. The number of thiazole rings is 1. The van der Waals surface area contributed by atoms with Crippen molar-refractivity contribution in [3.8, 4) is 11.4 Å². The molecule has 0 atom stereocenters. The fourth-order valence-corrected chi connectivity index (χ4v) is 4.14. The number of urea groups is 1. The van der Waals surface area contributed by atoms with Crippen molar-refractivity contribution in [3.05, 3.63) is 52.1 Å². The first-order valence-corrected chi connectivity index (χ1v) is 11.3. The summed E-state index contributed by atoms with van der Waals surface area (Å²) in [6, 6.07) is 11.9. The number of aromatic nitrogens is 3.